The molecule has 0 spiro atoms. The summed E-state index contributed by atoms with van der Waals surface area (Å²) in [6.45, 7) is 2.13. The molecule has 3 heterocycles. The van der Waals surface area contributed by atoms with Crippen LogP contribution in [0.1, 0.15) is 22.2 Å². The molecule has 3 aromatic rings. The highest BCUT2D eigenvalue weighted by atomic mass is 32.1. The van der Waals surface area contributed by atoms with Gasteiger partial charge in [0.1, 0.15) is 6.04 Å². The lowest BCUT2D eigenvalue weighted by Gasteiger charge is -2.21. The van der Waals surface area contributed by atoms with Crippen LogP contribution in [0.15, 0.2) is 60.1 Å². The molecule has 0 aliphatic carbocycles. The van der Waals surface area contributed by atoms with Crippen molar-refractivity contribution < 1.29 is 19.5 Å². The predicted octanol–water partition coefficient (Wildman–Crippen LogP) is 3.06. The summed E-state index contributed by atoms with van der Waals surface area (Å²) in [7, 11) is 0. The molecule has 4 unspecified atom stereocenters. The van der Waals surface area contributed by atoms with Gasteiger partial charge < -0.3 is 5.11 Å². The molecule has 2 aromatic carbocycles. The van der Waals surface area contributed by atoms with E-state index >= 15 is 0 Å². The first-order valence-electron chi connectivity index (χ1n) is 10.8. The topological polar surface area (TPSA) is 99.6 Å². The van der Waals surface area contributed by atoms with Gasteiger partial charge in [0.25, 0.3) is 0 Å². The van der Waals surface area contributed by atoms with Gasteiger partial charge in [0.15, 0.2) is 0 Å². The number of aliphatic carboxylic acids is 1. The number of hydrogen-bond donors (Lipinski definition) is 2. The number of carboxylic acid groups (broad SMARTS) is 1. The van der Waals surface area contributed by atoms with Crippen LogP contribution >= 0.6 is 11.3 Å². The van der Waals surface area contributed by atoms with Gasteiger partial charge in [0, 0.05) is 23.9 Å². The molecule has 2 fully saturated rings. The van der Waals surface area contributed by atoms with E-state index in [1.54, 1.807) is 5.51 Å². The fraction of sp³-hybridized carbons (Fsp3) is 0.280. The number of aryl methyl sites for hydroxylation is 1. The van der Waals surface area contributed by atoms with Crippen molar-refractivity contribution in [2.24, 2.45) is 11.8 Å². The lowest BCUT2D eigenvalue weighted by atomic mass is 9.86. The van der Waals surface area contributed by atoms with Crippen LogP contribution in [0.4, 0.5) is 0 Å². The minimum atomic E-state index is -1.12. The molecule has 2 aliphatic rings. The molecule has 0 saturated carbocycles. The van der Waals surface area contributed by atoms with Crippen LogP contribution in [0.2, 0.25) is 0 Å². The first-order valence-corrected chi connectivity index (χ1v) is 11.7. The first-order chi connectivity index (χ1) is 16.0. The molecule has 7 nitrogen and oxygen atoms in total. The van der Waals surface area contributed by atoms with E-state index in [4.69, 9.17) is 0 Å². The molecular weight excluding hydrogens is 438 g/mol. The molecule has 0 bridgehead atoms. The zero-order chi connectivity index (χ0) is 23.1. The second kappa shape index (κ2) is 8.53. The van der Waals surface area contributed by atoms with E-state index < -0.39 is 35.8 Å². The van der Waals surface area contributed by atoms with E-state index in [2.05, 4.69) is 10.3 Å². The summed E-state index contributed by atoms with van der Waals surface area (Å²) in [6, 6.07) is 16.0. The number of nitrogens with zero attached hydrogens (tertiary/aromatic N) is 2. The van der Waals surface area contributed by atoms with E-state index in [0.717, 1.165) is 27.3 Å². The summed E-state index contributed by atoms with van der Waals surface area (Å²) in [5, 5.41) is 12.8. The van der Waals surface area contributed by atoms with Crippen LogP contribution in [-0.4, -0.2) is 45.4 Å². The number of hydrogen-bond acceptors (Lipinski definition) is 6. The zero-order valence-electron chi connectivity index (χ0n) is 18.0. The normalized spacial score (nSPS) is 24.3. The average molecular weight is 462 g/mol. The van der Waals surface area contributed by atoms with Gasteiger partial charge in [-0.25, -0.2) is 4.98 Å². The van der Waals surface area contributed by atoms with Gasteiger partial charge in [0.2, 0.25) is 11.8 Å². The number of thiazole rings is 1. The molecule has 0 radical (unpaired) electrons. The summed E-state index contributed by atoms with van der Waals surface area (Å²) < 4.78 is 0. The Labute approximate surface area is 195 Å². The molecule has 168 valence electrons. The predicted molar refractivity (Wildman–Crippen MR) is 123 cm³/mol. The van der Waals surface area contributed by atoms with Gasteiger partial charge in [0.05, 0.1) is 23.0 Å². The van der Waals surface area contributed by atoms with Crippen LogP contribution in [0.3, 0.4) is 0 Å². The average Bonchev–Trinajstić information content (AvgIpc) is 3.49. The number of carbonyl (C=O) groups is 3. The lowest BCUT2D eigenvalue weighted by molar-refractivity contribution is -0.146. The standard InChI is InChI=1S/C25H23N3O4S/c1-14-18(33-13-26-14)11-12-28-23(29)19-20(24(28)30)22(25(31)32)27-21(19)17-9-7-16(8-10-17)15-5-3-2-4-6-15/h2-10,13,19-22,27H,11-12H2,1H3,(H,31,32). The van der Waals surface area contributed by atoms with Crippen molar-refractivity contribution in [3.63, 3.8) is 0 Å². The van der Waals surface area contributed by atoms with Gasteiger partial charge in [-0.1, -0.05) is 54.6 Å². The third kappa shape index (κ3) is 3.75. The highest BCUT2D eigenvalue weighted by Crippen LogP contribution is 2.44. The van der Waals surface area contributed by atoms with Gasteiger partial charge in [-0.2, -0.15) is 0 Å². The number of aromatic nitrogens is 1. The first kappa shape index (κ1) is 21.5. The summed E-state index contributed by atoms with van der Waals surface area (Å²) in [5.41, 5.74) is 5.53. The Morgan fingerprint density at radius 1 is 1.03 bits per heavy atom. The maximum absolute atomic E-state index is 13.3. The van der Waals surface area contributed by atoms with Crippen LogP contribution in [0.5, 0.6) is 0 Å². The van der Waals surface area contributed by atoms with Crippen molar-refractivity contribution in [3.05, 3.63) is 76.2 Å². The molecule has 1 aromatic heterocycles. The zero-order valence-corrected chi connectivity index (χ0v) is 18.8. The molecular formula is C25H23N3O4S. The minimum Gasteiger partial charge on any atom is -0.480 e. The molecule has 5 rings (SSSR count). The minimum absolute atomic E-state index is 0.236. The largest absolute Gasteiger partial charge is 0.480 e. The van der Waals surface area contributed by atoms with E-state index in [1.165, 1.54) is 16.2 Å². The van der Waals surface area contributed by atoms with Crippen molar-refractivity contribution in [1.29, 1.82) is 0 Å². The Hall–Kier alpha value is -3.36. The van der Waals surface area contributed by atoms with E-state index in [9.17, 15) is 19.5 Å². The number of carbonyl (C=O) groups excluding carboxylic acids is 2. The summed E-state index contributed by atoms with van der Waals surface area (Å²) in [4.78, 5) is 44.9. The van der Waals surface area contributed by atoms with Crippen LogP contribution in [0.25, 0.3) is 11.1 Å². The number of nitrogens with one attached hydrogen (secondary N) is 1. The number of imide groups is 1. The quantitative estimate of drug-likeness (QED) is 0.548. The molecule has 2 N–H and O–H groups in total. The Morgan fingerprint density at radius 3 is 2.33 bits per heavy atom. The summed E-state index contributed by atoms with van der Waals surface area (Å²) in [5.74, 6) is -3.47. The summed E-state index contributed by atoms with van der Waals surface area (Å²) in [6.07, 6.45) is 0.523. The number of amides is 2. The number of fused-ring (bicyclic) bond motifs is 1. The smallest absolute Gasteiger partial charge is 0.321 e. The molecule has 4 atom stereocenters. The molecule has 33 heavy (non-hydrogen) atoms. The van der Waals surface area contributed by atoms with Crippen LogP contribution < -0.4 is 5.32 Å². The maximum atomic E-state index is 13.3. The fourth-order valence-corrected chi connectivity index (χ4v) is 5.69. The van der Waals surface area contributed by atoms with Crippen molar-refractivity contribution in [2.75, 3.05) is 6.54 Å². The van der Waals surface area contributed by atoms with E-state index in [-0.39, 0.29) is 12.5 Å². The fourth-order valence-electron chi connectivity index (χ4n) is 4.92. The number of rotatable bonds is 6. The maximum Gasteiger partial charge on any atom is 0.321 e. The molecule has 8 heteroatoms. The van der Waals surface area contributed by atoms with Gasteiger partial charge >= 0.3 is 5.97 Å². The molecule has 2 aliphatic heterocycles. The van der Waals surface area contributed by atoms with Crippen molar-refractivity contribution in [2.45, 2.75) is 25.4 Å². The van der Waals surface area contributed by atoms with Gasteiger partial charge in [-0.05, 0) is 23.6 Å². The molecule has 2 amide bonds. The lowest BCUT2D eigenvalue weighted by Crippen LogP contribution is -2.43. The second-order valence-corrected chi connectivity index (χ2v) is 9.38. The summed E-state index contributed by atoms with van der Waals surface area (Å²) >= 11 is 1.49. The van der Waals surface area contributed by atoms with Crippen molar-refractivity contribution in [1.82, 2.24) is 15.2 Å². The number of likely N-dealkylation sites (tertiary alicyclic amines) is 1. The van der Waals surface area contributed by atoms with E-state index in [1.807, 2.05) is 61.5 Å². The second-order valence-electron chi connectivity index (χ2n) is 8.44. The van der Waals surface area contributed by atoms with Gasteiger partial charge in [-0.3, -0.25) is 24.6 Å². The van der Waals surface area contributed by atoms with Gasteiger partial charge in [-0.15, -0.1) is 11.3 Å². The third-order valence-corrected chi connectivity index (χ3v) is 7.61. The Morgan fingerprint density at radius 2 is 1.70 bits per heavy atom. The highest BCUT2D eigenvalue weighted by Gasteiger charge is 2.60. The Balaban J connectivity index is 1.41. The third-order valence-electron chi connectivity index (χ3n) is 6.62. The van der Waals surface area contributed by atoms with Crippen LogP contribution in [0, 0.1) is 18.8 Å². The number of carboxylic acids is 1. The Kier molecular flexibility index (Phi) is 5.55. The Bertz CT molecular complexity index is 1210. The van der Waals surface area contributed by atoms with Crippen molar-refractivity contribution >= 4 is 29.1 Å². The monoisotopic (exact) mass is 461 g/mol. The van der Waals surface area contributed by atoms with E-state index in [0.29, 0.717) is 6.42 Å². The molecule has 2 saturated heterocycles. The SMILES string of the molecule is Cc1ncsc1CCN1C(=O)C2C(C(=O)O)NC(c3ccc(-c4ccccc4)cc3)C2C1=O. The number of benzene rings is 2. The van der Waals surface area contributed by atoms with Crippen molar-refractivity contribution in [3.8, 4) is 11.1 Å². The van der Waals surface area contributed by atoms with Crippen LogP contribution in [-0.2, 0) is 20.8 Å². The highest BCUT2D eigenvalue weighted by molar-refractivity contribution is 7.09.